The summed E-state index contributed by atoms with van der Waals surface area (Å²) < 4.78 is 5.43. The van der Waals surface area contributed by atoms with Gasteiger partial charge in [-0.05, 0) is 53.6 Å². The summed E-state index contributed by atoms with van der Waals surface area (Å²) in [7, 11) is 0. The third-order valence-corrected chi connectivity index (χ3v) is 6.24. The summed E-state index contributed by atoms with van der Waals surface area (Å²) in [5.41, 5.74) is 15.0. The number of benzene rings is 1. The largest absolute Gasteiger partial charge is 0.494 e. The number of nitrogens with zero attached hydrogens (tertiary/aromatic N) is 2. The number of fused-ring (bicyclic) bond motifs is 1. The van der Waals surface area contributed by atoms with E-state index in [9.17, 15) is 10.1 Å². The van der Waals surface area contributed by atoms with E-state index in [1.54, 1.807) is 24.3 Å². The SMILES string of the molecule is CCOc1ccc(C(=O)c2sc3nc(N)c(C#N)c(-c4ccsc4)c3c2N)cc1. The molecular formula is C21H16N4O2S2. The van der Waals surface area contributed by atoms with E-state index in [0.29, 0.717) is 44.3 Å². The number of ether oxygens (including phenoxy) is 1. The molecule has 29 heavy (non-hydrogen) atoms. The minimum atomic E-state index is -0.207. The summed E-state index contributed by atoms with van der Waals surface area (Å²) in [6.07, 6.45) is 0. The molecule has 0 saturated heterocycles. The lowest BCUT2D eigenvalue weighted by atomic mass is 9.99. The highest BCUT2D eigenvalue weighted by molar-refractivity contribution is 7.21. The molecule has 144 valence electrons. The number of aromatic nitrogens is 1. The van der Waals surface area contributed by atoms with Gasteiger partial charge < -0.3 is 16.2 Å². The fraction of sp³-hybridized carbons (Fsp3) is 0.0952. The fourth-order valence-corrected chi connectivity index (χ4v) is 4.87. The second-order valence-electron chi connectivity index (χ2n) is 6.18. The number of carbonyl (C=O) groups is 1. The lowest BCUT2D eigenvalue weighted by Gasteiger charge is -2.07. The second kappa shape index (κ2) is 7.54. The Labute approximate surface area is 175 Å². The zero-order chi connectivity index (χ0) is 20.5. The van der Waals surface area contributed by atoms with Crippen molar-refractivity contribution in [2.45, 2.75) is 6.92 Å². The lowest BCUT2D eigenvalue weighted by Crippen LogP contribution is -2.03. The van der Waals surface area contributed by atoms with Gasteiger partial charge in [0, 0.05) is 16.5 Å². The first-order chi connectivity index (χ1) is 14.0. The molecule has 3 heterocycles. The highest BCUT2D eigenvalue weighted by Crippen LogP contribution is 2.43. The molecular weight excluding hydrogens is 404 g/mol. The third kappa shape index (κ3) is 3.20. The zero-order valence-corrected chi connectivity index (χ0v) is 17.1. The van der Waals surface area contributed by atoms with E-state index < -0.39 is 0 Å². The van der Waals surface area contributed by atoms with Gasteiger partial charge in [0.2, 0.25) is 5.78 Å². The van der Waals surface area contributed by atoms with Crippen molar-refractivity contribution in [3.05, 3.63) is 57.1 Å². The Hall–Kier alpha value is -3.41. The van der Waals surface area contributed by atoms with E-state index in [1.807, 2.05) is 23.8 Å². The van der Waals surface area contributed by atoms with Crippen molar-refractivity contribution in [3.63, 3.8) is 0 Å². The topological polar surface area (TPSA) is 115 Å². The predicted octanol–water partition coefficient (Wildman–Crippen LogP) is 4.69. The summed E-state index contributed by atoms with van der Waals surface area (Å²) in [6, 6.07) is 10.9. The van der Waals surface area contributed by atoms with Crippen LogP contribution in [-0.2, 0) is 0 Å². The molecule has 0 unspecified atom stereocenters. The number of nitrogens with two attached hydrogens (primary N) is 2. The first-order valence-corrected chi connectivity index (χ1v) is 10.5. The maximum absolute atomic E-state index is 13.1. The van der Waals surface area contributed by atoms with Crippen LogP contribution in [0.2, 0.25) is 0 Å². The number of nitriles is 1. The number of hydrogen-bond acceptors (Lipinski definition) is 8. The van der Waals surface area contributed by atoms with Crippen LogP contribution in [0.1, 0.15) is 27.7 Å². The number of ketones is 1. The lowest BCUT2D eigenvalue weighted by molar-refractivity contribution is 0.104. The number of rotatable bonds is 5. The van der Waals surface area contributed by atoms with Crippen molar-refractivity contribution in [3.8, 4) is 22.9 Å². The van der Waals surface area contributed by atoms with Crippen LogP contribution in [-0.4, -0.2) is 17.4 Å². The average molecular weight is 421 g/mol. The number of thiophene rings is 2. The minimum Gasteiger partial charge on any atom is -0.494 e. The Balaban J connectivity index is 1.89. The van der Waals surface area contributed by atoms with Crippen molar-refractivity contribution in [1.29, 1.82) is 5.26 Å². The van der Waals surface area contributed by atoms with Gasteiger partial charge in [0.15, 0.2) is 0 Å². The number of carbonyl (C=O) groups excluding carboxylic acids is 1. The molecule has 0 atom stereocenters. The van der Waals surface area contributed by atoms with E-state index in [0.717, 1.165) is 5.56 Å². The molecule has 8 heteroatoms. The van der Waals surface area contributed by atoms with Crippen LogP contribution in [0.25, 0.3) is 21.3 Å². The predicted molar refractivity (Wildman–Crippen MR) is 118 cm³/mol. The number of nitrogen functional groups attached to an aromatic ring is 2. The standard InChI is InChI=1S/C21H16N4O2S2/c1-2-27-13-5-3-11(4-6-13)18(26)19-17(23)16-15(12-7-8-28-10-12)14(9-22)20(24)25-21(16)29-19/h3-8,10H,2,23H2,1H3,(H2,24,25). The van der Waals surface area contributed by atoms with Crippen molar-refractivity contribution in [1.82, 2.24) is 4.98 Å². The van der Waals surface area contributed by atoms with Gasteiger partial charge in [-0.3, -0.25) is 4.79 Å². The summed E-state index contributed by atoms with van der Waals surface area (Å²) >= 11 is 2.69. The van der Waals surface area contributed by atoms with E-state index in [2.05, 4.69) is 11.1 Å². The molecule has 0 radical (unpaired) electrons. The molecule has 0 saturated carbocycles. The van der Waals surface area contributed by atoms with Gasteiger partial charge >= 0.3 is 0 Å². The highest BCUT2D eigenvalue weighted by Gasteiger charge is 2.25. The summed E-state index contributed by atoms with van der Waals surface area (Å²) in [5, 5.41) is 14.0. The maximum atomic E-state index is 13.1. The number of pyridine rings is 1. The molecule has 4 aromatic rings. The first-order valence-electron chi connectivity index (χ1n) is 8.76. The van der Waals surface area contributed by atoms with E-state index in [1.165, 1.54) is 22.7 Å². The van der Waals surface area contributed by atoms with E-state index in [4.69, 9.17) is 16.2 Å². The molecule has 0 fully saturated rings. The fourth-order valence-electron chi connectivity index (χ4n) is 3.15. The maximum Gasteiger partial charge on any atom is 0.205 e. The number of anilines is 2. The van der Waals surface area contributed by atoms with Crippen LogP contribution in [0, 0.1) is 11.3 Å². The minimum absolute atomic E-state index is 0.127. The molecule has 0 amide bonds. The monoisotopic (exact) mass is 420 g/mol. The van der Waals surface area contributed by atoms with Gasteiger partial charge in [-0.25, -0.2) is 4.98 Å². The normalized spacial score (nSPS) is 10.8. The van der Waals surface area contributed by atoms with Gasteiger partial charge in [0.25, 0.3) is 0 Å². The van der Waals surface area contributed by atoms with Crippen LogP contribution in [0.4, 0.5) is 11.5 Å². The van der Waals surface area contributed by atoms with Crippen molar-refractivity contribution >= 4 is 50.2 Å². The molecule has 0 aliphatic heterocycles. The Morgan fingerprint density at radius 3 is 2.62 bits per heavy atom. The summed E-state index contributed by atoms with van der Waals surface area (Å²) in [4.78, 5) is 18.4. The van der Waals surface area contributed by atoms with E-state index >= 15 is 0 Å². The van der Waals surface area contributed by atoms with Crippen LogP contribution in [0.5, 0.6) is 5.75 Å². The van der Waals surface area contributed by atoms with Gasteiger partial charge in [0.1, 0.15) is 32.9 Å². The third-order valence-electron chi connectivity index (χ3n) is 4.46. The quantitative estimate of drug-likeness (QED) is 0.453. The van der Waals surface area contributed by atoms with Gasteiger partial charge in [-0.15, -0.1) is 11.3 Å². The molecule has 0 spiro atoms. The molecule has 0 aliphatic rings. The molecule has 4 N–H and O–H groups in total. The Bertz CT molecular complexity index is 1250. The molecule has 3 aromatic heterocycles. The Morgan fingerprint density at radius 1 is 1.24 bits per heavy atom. The molecule has 6 nitrogen and oxygen atoms in total. The first kappa shape index (κ1) is 18.9. The van der Waals surface area contributed by atoms with E-state index in [-0.39, 0.29) is 17.2 Å². The molecule has 0 bridgehead atoms. The van der Waals surface area contributed by atoms with Crippen LogP contribution >= 0.6 is 22.7 Å². The van der Waals surface area contributed by atoms with Crippen molar-refractivity contribution < 1.29 is 9.53 Å². The zero-order valence-electron chi connectivity index (χ0n) is 15.4. The van der Waals surface area contributed by atoms with Gasteiger partial charge in [0.05, 0.1) is 12.3 Å². The summed E-state index contributed by atoms with van der Waals surface area (Å²) in [5.74, 6) is 0.616. The van der Waals surface area contributed by atoms with Gasteiger partial charge in [-0.1, -0.05) is 0 Å². The smallest absolute Gasteiger partial charge is 0.205 e. The average Bonchev–Trinajstić information content (AvgIpc) is 3.36. The van der Waals surface area contributed by atoms with Crippen molar-refractivity contribution in [2.24, 2.45) is 0 Å². The Kier molecular flexibility index (Phi) is 4.92. The molecule has 0 aliphatic carbocycles. The summed E-state index contributed by atoms with van der Waals surface area (Å²) in [6.45, 7) is 2.45. The molecule has 4 rings (SSSR count). The van der Waals surface area contributed by atoms with Crippen molar-refractivity contribution in [2.75, 3.05) is 18.1 Å². The number of hydrogen-bond donors (Lipinski definition) is 2. The van der Waals surface area contributed by atoms with Crippen LogP contribution in [0.15, 0.2) is 41.1 Å². The van der Waals surface area contributed by atoms with Crippen LogP contribution < -0.4 is 16.2 Å². The van der Waals surface area contributed by atoms with Gasteiger partial charge in [-0.2, -0.15) is 16.6 Å². The molecule has 1 aromatic carbocycles. The highest BCUT2D eigenvalue weighted by atomic mass is 32.1. The Morgan fingerprint density at radius 2 is 2.00 bits per heavy atom. The van der Waals surface area contributed by atoms with Crippen LogP contribution in [0.3, 0.4) is 0 Å². The second-order valence-corrected chi connectivity index (χ2v) is 7.96.